The lowest BCUT2D eigenvalue weighted by Gasteiger charge is -2.06. The molecule has 4 heteroatoms. The summed E-state index contributed by atoms with van der Waals surface area (Å²) in [4.78, 5) is 10.7. The second-order valence-electron chi connectivity index (χ2n) is 2.83. The van der Waals surface area contributed by atoms with Crippen LogP contribution in [0.1, 0.15) is 11.7 Å². The maximum Gasteiger partial charge on any atom is 0.407 e. The quantitative estimate of drug-likeness (QED) is 0.749. The lowest BCUT2D eigenvalue weighted by molar-refractivity contribution is 0.141. The third-order valence-electron chi connectivity index (χ3n) is 1.92. The zero-order chi connectivity index (χ0) is 9.26. The van der Waals surface area contributed by atoms with E-state index < -0.39 is 0 Å². The van der Waals surface area contributed by atoms with Gasteiger partial charge in [-0.1, -0.05) is 23.7 Å². The molecule has 0 spiro atoms. The maximum absolute atomic E-state index is 10.7. The summed E-state index contributed by atoms with van der Waals surface area (Å²) in [5.41, 5.74) is 0.961. The van der Waals surface area contributed by atoms with Crippen molar-refractivity contribution < 1.29 is 9.53 Å². The Morgan fingerprint density at radius 2 is 2.08 bits per heavy atom. The van der Waals surface area contributed by atoms with Gasteiger partial charge in [0.2, 0.25) is 0 Å². The molecule has 2 rings (SSSR count). The molecule has 68 valence electrons. The van der Waals surface area contributed by atoms with E-state index in [1.165, 1.54) is 0 Å². The Morgan fingerprint density at radius 3 is 2.62 bits per heavy atom. The third-order valence-corrected chi connectivity index (χ3v) is 2.17. The van der Waals surface area contributed by atoms with E-state index in [9.17, 15) is 4.79 Å². The van der Waals surface area contributed by atoms with Crippen molar-refractivity contribution in [2.45, 2.75) is 6.10 Å². The van der Waals surface area contributed by atoms with Gasteiger partial charge in [0.15, 0.2) is 0 Å². The van der Waals surface area contributed by atoms with Crippen molar-refractivity contribution in [3.8, 4) is 0 Å². The SMILES string of the molecule is O=C1NC[C@H](c2ccc(Cl)cc2)O1. The molecule has 1 N–H and O–H groups in total. The van der Waals surface area contributed by atoms with Crippen LogP contribution < -0.4 is 5.32 Å². The van der Waals surface area contributed by atoms with Crippen molar-refractivity contribution in [3.63, 3.8) is 0 Å². The first kappa shape index (κ1) is 8.38. The summed E-state index contributed by atoms with van der Waals surface area (Å²) < 4.78 is 4.99. The molecule has 1 aromatic carbocycles. The highest BCUT2D eigenvalue weighted by Crippen LogP contribution is 2.21. The number of halogens is 1. The largest absolute Gasteiger partial charge is 0.439 e. The van der Waals surface area contributed by atoms with Crippen LogP contribution in [0.3, 0.4) is 0 Å². The zero-order valence-corrected chi connectivity index (χ0v) is 7.54. The van der Waals surface area contributed by atoms with E-state index in [0.29, 0.717) is 11.6 Å². The molecule has 3 nitrogen and oxygen atoms in total. The Balaban J connectivity index is 2.17. The number of rotatable bonds is 1. The van der Waals surface area contributed by atoms with E-state index in [4.69, 9.17) is 16.3 Å². The molecule has 0 bridgehead atoms. The second-order valence-corrected chi connectivity index (χ2v) is 3.26. The Labute approximate surface area is 80.6 Å². The number of benzene rings is 1. The van der Waals surface area contributed by atoms with E-state index in [1.54, 1.807) is 12.1 Å². The minimum absolute atomic E-state index is 0.176. The van der Waals surface area contributed by atoms with Crippen LogP contribution in [-0.2, 0) is 4.74 Å². The van der Waals surface area contributed by atoms with Gasteiger partial charge in [0, 0.05) is 5.02 Å². The average Bonchev–Trinajstić information content (AvgIpc) is 2.53. The highest BCUT2D eigenvalue weighted by atomic mass is 35.5. The number of hydrogen-bond acceptors (Lipinski definition) is 2. The first-order valence-electron chi connectivity index (χ1n) is 3.95. The topological polar surface area (TPSA) is 38.3 Å². The van der Waals surface area contributed by atoms with Crippen molar-refractivity contribution in [1.82, 2.24) is 5.32 Å². The van der Waals surface area contributed by atoms with Gasteiger partial charge >= 0.3 is 6.09 Å². The highest BCUT2D eigenvalue weighted by molar-refractivity contribution is 6.30. The van der Waals surface area contributed by atoms with Crippen LogP contribution in [0.25, 0.3) is 0 Å². The van der Waals surface area contributed by atoms with Gasteiger partial charge in [-0.15, -0.1) is 0 Å². The van der Waals surface area contributed by atoms with Gasteiger partial charge in [-0.2, -0.15) is 0 Å². The molecule has 0 aliphatic carbocycles. The number of ether oxygens (including phenoxy) is 1. The molecule has 1 saturated heterocycles. The van der Waals surface area contributed by atoms with Gasteiger partial charge in [-0.05, 0) is 17.7 Å². The van der Waals surface area contributed by atoms with Crippen LogP contribution >= 0.6 is 11.6 Å². The molecular weight excluding hydrogens is 190 g/mol. The number of cyclic esters (lactones) is 1. The van der Waals surface area contributed by atoms with Crippen LogP contribution in [0, 0.1) is 0 Å². The minimum atomic E-state index is -0.361. The monoisotopic (exact) mass is 197 g/mol. The third kappa shape index (κ3) is 1.75. The van der Waals surface area contributed by atoms with Crippen molar-refractivity contribution in [2.75, 3.05) is 6.54 Å². The van der Waals surface area contributed by atoms with Gasteiger partial charge < -0.3 is 10.1 Å². The van der Waals surface area contributed by atoms with Crippen LogP contribution in [0.5, 0.6) is 0 Å². The summed E-state index contributed by atoms with van der Waals surface area (Å²) in [5.74, 6) is 0. The number of carbonyl (C=O) groups excluding carboxylic acids is 1. The van der Waals surface area contributed by atoms with Crippen LogP contribution in [0.2, 0.25) is 5.02 Å². The van der Waals surface area contributed by atoms with Gasteiger partial charge in [0.25, 0.3) is 0 Å². The van der Waals surface area contributed by atoms with Gasteiger partial charge in [0.1, 0.15) is 6.10 Å². The lowest BCUT2D eigenvalue weighted by atomic mass is 10.1. The summed E-state index contributed by atoms with van der Waals surface area (Å²) in [7, 11) is 0. The van der Waals surface area contributed by atoms with E-state index in [2.05, 4.69) is 5.32 Å². The predicted octanol–water partition coefficient (Wildman–Crippen LogP) is 2.12. The Bertz CT molecular complexity index is 323. The number of amides is 1. The van der Waals surface area contributed by atoms with E-state index in [-0.39, 0.29) is 12.2 Å². The lowest BCUT2D eigenvalue weighted by Crippen LogP contribution is -2.12. The van der Waals surface area contributed by atoms with E-state index >= 15 is 0 Å². The average molecular weight is 198 g/mol. The molecule has 1 atom stereocenters. The summed E-state index contributed by atoms with van der Waals surface area (Å²) in [6.45, 7) is 0.528. The molecule has 0 saturated carbocycles. The first-order valence-corrected chi connectivity index (χ1v) is 4.33. The molecule has 1 heterocycles. The predicted molar refractivity (Wildman–Crippen MR) is 48.7 cm³/mol. The standard InChI is InChI=1S/C9H8ClNO2/c10-7-3-1-6(2-4-7)8-5-11-9(12)13-8/h1-4,8H,5H2,(H,11,12)/t8-/m1/s1. The van der Waals surface area contributed by atoms with E-state index in [1.807, 2.05) is 12.1 Å². The van der Waals surface area contributed by atoms with Crippen LogP contribution in [0.15, 0.2) is 24.3 Å². The summed E-state index contributed by atoms with van der Waals surface area (Å²) in [6.07, 6.45) is -0.537. The smallest absolute Gasteiger partial charge is 0.407 e. The first-order chi connectivity index (χ1) is 6.25. The number of alkyl carbamates (subject to hydrolysis) is 1. The number of hydrogen-bond donors (Lipinski definition) is 1. The molecule has 0 radical (unpaired) electrons. The molecule has 1 fully saturated rings. The highest BCUT2D eigenvalue weighted by Gasteiger charge is 2.23. The Kier molecular flexibility index (Phi) is 2.10. The van der Waals surface area contributed by atoms with Crippen molar-refractivity contribution in [1.29, 1.82) is 0 Å². The van der Waals surface area contributed by atoms with Gasteiger partial charge in [-0.25, -0.2) is 4.79 Å². The summed E-state index contributed by atoms with van der Waals surface area (Å²) >= 11 is 5.72. The van der Waals surface area contributed by atoms with Crippen molar-refractivity contribution in [2.24, 2.45) is 0 Å². The fourth-order valence-corrected chi connectivity index (χ4v) is 1.38. The fraction of sp³-hybridized carbons (Fsp3) is 0.222. The Morgan fingerprint density at radius 1 is 1.38 bits per heavy atom. The molecule has 0 unspecified atom stereocenters. The maximum atomic E-state index is 10.7. The van der Waals surface area contributed by atoms with Crippen molar-refractivity contribution in [3.05, 3.63) is 34.9 Å². The van der Waals surface area contributed by atoms with Crippen molar-refractivity contribution >= 4 is 17.7 Å². The van der Waals surface area contributed by atoms with Gasteiger partial charge in [-0.3, -0.25) is 0 Å². The molecule has 1 aromatic rings. The summed E-state index contributed by atoms with van der Waals surface area (Å²) in [6, 6.07) is 7.27. The van der Waals surface area contributed by atoms with Gasteiger partial charge in [0.05, 0.1) is 6.54 Å². The second kappa shape index (κ2) is 3.26. The molecule has 1 aliphatic rings. The van der Waals surface area contributed by atoms with Crippen LogP contribution in [-0.4, -0.2) is 12.6 Å². The van der Waals surface area contributed by atoms with E-state index in [0.717, 1.165) is 5.56 Å². The molecule has 13 heavy (non-hydrogen) atoms. The summed E-state index contributed by atoms with van der Waals surface area (Å²) in [5, 5.41) is 3.27. The normalized spacial score (nSPS) is 21.0. The minimum Gasteiger partial charge on any atom is -0.439 e. The number of nitrogens with one attached hydrogen (secondary N) is 1. The number of carbonyl (C=O) groups is 1. The fourth-order valence-electron chi connectivity index (χ4n) is 1.25. The molecular formula is C9H8ClNO2. The Hall–Kier alpha value is -1.22. The molecule has 0 aromatic heterocycles. The molecule has 1 aliphatic heterocycles. The van der Waals surface area contributed by atoms with Crippen LogP contribution in [0.4, 0.5) is 4.79 Å². The zero-order valence-electron chi connectivity index (χ0n) is 6.79. The molecule has 1 amide bonds.